The van der Waals surface area contributed by atoms with Gasteiger partial charge in [-0.25, -0.2) is 4.98 Å². The van der Waals surface area contributed by atoms with E-state index in [1.807, 2.05) is 13.0 Å². The smallest absolute Gasteiger partial charge is 0.303 e. The summed E-state index contributed by atoms with van der Waals surface area (Å²) in [5, 5.41) is 8.79. The molecule has 0 aliphatic heterocycles. The Morgan fingerprint density at radius 1 is 1.44 bits per heavy atom. The number of imidazole rings is 1. The standard InChI is InChI=1S/C14H18N2O2/c1-9(2)16-12-5-4-10(3)8-11(12)15-13(16)6-7-14(17)18/h4-5,8-9H,6-7H2,1-3H3,(H,17,18). The largest absolute Gasteiger partial charge is 0.481 e. The fourth-order valence-corrected chi connectivity index (χ4v) is 2.23. The number of hydrogen-bond acceptors (Lipinski definition) is 2. The molecule has 1 N–H and O–H groups in total. The predicted octanol–water partition coefficient (Wildman–Crippen LogP) is 2.94. The average molecular weight is 246 g/mol. The summed E-state index contributed by atoms with van der Waals surface area (Å²) >= 11 is 0. The van der Waals surface area contributed by atoms with E-state index in [9.17, 15) is 4.79 Å². The van der Waals surface area contributed by atoms with Crippen molar-refractivity contribution in [2.45, 2.75) is 39.7 Å². The summed E-state index contributed by atoms with van der Waals surface area (Å²) in [6, 6.07) is 6.44. The lowest BCUT2D eigenvalue weighted by Crippen LogP contribution is -2.08. The van der Waals surface area contributed by atoms with Gasteiger partial charge in [-0.3, -0.25) is 4.79 Å². The molecule has 0 atom stereocenters. The Labute approximate surface area is 106 Å². The molecule has 0 unspecified atom stereocenters. The third-order valence-corrected chi connectivity index (χ3v) is 3.00. The summed E-state index contributed by atoms with van der Waals surface area (Å²) in [5.41, 5.74) is 3.20. The lowest BCUT2D eigenvalue weighted by atomic mass is 10.2. The molecule has 1 aromatic carbocycles. The van der Waals surface area contributed by atoms with E-state index in [-0.39, 0.29) is 12.5 Å². The quantitative estimate of drug-likeness (QED) is 0.902. The predicted molar refractivity (Wildman–Crippen MR) is 70.8 cm³/mol. The van der Waals surface area contributed by atoms with E-state index in [0.717, 1.165) is 16.9 Å². The summed E-state index contributed by atoms with van der Waals surface area (Å²) in [5.74, 6) is 0.0709. The Bertz CT molecular complexity index is 585. The molecule has 96 valence electrons. The summed E-state index contributed by atoms with van der Waals surface area (Å²) in [6.45, 7) is 6.21. The van der Waals surface area contributed by atoms with Crippen molar-refractivity contribution < 1.29 is 9.90 Å². The van der Waals surface area contributed by atoms with Crippen molar-refractivity contribution in [3.63, 3.8) is 0 Å². The molecule has 0 radical (unpaired) electrons. The number of aliphatic carboxylic acids is 1. The van der Waals surface area contributed by atoms with Gasteiger partial charge in [-0.15, -0.1) is 0 Å². The third kappa shape index (κ3) is 2.37. The summed E-state index contributed by atoms with van der Waals surface area (Å²) < 4.78 is 2.12. The number of carbonyl (C=O) groups is 1. The van der Waals surface area contributed by atoms with Gasteiger partial charge in [0.2, 0.25) is 0 Å². The maximum absolute atomic E-state index is 10.7. The first kappa shape index (κ1) is 12.6. The molecule has 0 spiro atoms. The van der Waals surface area contributed by atoms with Gasteiger partial charge in [0.05, 0.1) is 17.5 Å². The van der Waals surface area contributed by atoms with Crippen LogP contribution in [0.1, 0.15) is 37.7 Å². The zero-order chi connectivity index (χ0) is 13.3. The van der Waals surface area contributed by atoms with Crippen LogP contribution in [0.5, 0.6) is 0 Å². The number of rotatable bonds is 4. The molecule has 0 saturated heterocycles. The lowest BCUT2D eigenvalue weighted by molar-refractivity contribution is -0.137. The van der Waals surface area contributed by atoms with Gasteiger partial charge in [0.1, 0.15) is 5.82 Å². The molecule has 4 heteroatoms. The highest BCUT2D eigenvalue weighted by molar-refractivity contribution is 5.77. The first-order chi connectivity index (χ1) is 8.49. The molecule has 2 aromatic rings. The maximum Gasteiger partial charge on any atom is 0.303 e. The van der Waals surface area contributed by atoms with Crippen LogP contribution in [0.3, 0.4) is 0 Å². The van der Waals surface area contributed by atoms with Gasteiger partial charge in [-0.2, -0.15) is 0 Å². The zero-order valence-electron chi connectivity index (χ0n) is 11.0. The van der Waals surface area contributed by atoms with Gasteiger partial charge < -0.3 is 9.67 Å². The first-order valence-corrected chi connectivity index (χ1v) is 6.18. The number of benzene rings is 1. The van der Waals surface area contributed by atoms with Crippen molar-refractivity contribution in [1.82, 2.24) is 9.55 Å². The highest BCUT2D eigenvalue weighted by Gasteiger charge is 2.14. The molecule has 0 aliphatic rings. The molecule has 0 amide bonds. The number of nitrogens with zero attached hydrogens (tertiary/aromatic N) is 2. The van der Waals surface area contributed by atoms with E-state index in [2.05, 4.69) is 35.5 Å². The van der Waals surface area contributed by atoms with Crippen molar-refractivity contribution in [1.29, 1.82) is 0 Å². The van der Waals surface area contributed by atoms with E-state index < -0.39 is 5.97 Å². The molecular weight excluding hydrogens is 228 g/mol. The summed E-state index contributed by atoms with van der Waals surface area (Å²) in [6.07, 6.45) is 0.594. The van der Waals surface area contributed by atoms with Crippen LogP contribution in [0.25, 0.3) is 11.0 Å². The Balaban J connectivity index is 2.50. The highest BCUT2D eigenvalue weighted by atomic mass is 16.4. The molecule has 0 saturated carbocycles. The van der Waals surface area contributed by atoms with Crippen LogP contribution in [0.15, 0.2) is 18.2 Å². The molecule has 2 rings (SSSR count). The van der Waals surface area contributed by atoms with Crippen molar-refractivity contribution in [3.05, 3.63) is 29.6 Å². The number of fused-ring (bicyclic) bond motifs is 1. The van der Waals surface area contributed by atoms with E-state index in [4.69, 9.17) is 5.11 Å². The van der Waals surface area contributed by atoms with Gasteiger partial charge in [-0.1, -0.05) is 6.07 Å². The number of aryl methyl sites for hydroxylation is 2. The Morgan fingerprint density at radius 2 is 2.17 bits per heavy atom. The highest BCUT2D eigenvalue weighted by Crippen LogP contribution is 2.22. The Kier molecular flexibility index (Phi) is 3.36. The van der Waals surface area contributed by atoms with Crippen molar-refractivity contribution in [2.75, 3.05) is 0 Å². The zero-order valence-corrected chi connectivity index (χ0v) is 11.0. The SMILES string of the molecule is Cc1ccc2c(c1)nc(CCC(=O)O)n2C(C)C. The van der Waals surface area contributed by atoms with Crippen LogP contribution in [0.2, 0.25) is 0 Å². The summed E-state index contributed by atoms with van der Waals surface area (Å²) in [7, 11) is 0. The second-order valence-corrected chi connectivity index (χ2v) is 4.88. The number of aromatic nitrogens is 2. The van der Waals surface area contributed by atoms with Crippen LogP contribution in [0, 0.1) is 6.92 Å². The third-order valence-electron chi connectivity index (χ3n) is 3.00. The average Bonchev–Trinajstić information content (AvgIpc) is 2.63. The topological polar surface area (TPSA) is 55.1 Å². The molecular formula is C14H18N2O2. The molecule has 18 heavy (non-hydrogen) atoms. The number of carboxylic acids is 1. The number of carboxylic acid groups (broad SMARTS) is 1. The van der Waals surface area contributed by atoms with E-state index in [1.165, 1.54) is 5.56 Å². The van der Waals surface area contributed by atoms with Crippen LogP contribution >= 0.6 is 0 Å². The van der Waals surface area contributed by atoms with E-state index >= 15 is 0 Å². The van der Waals surface area contributed by atoms with Crippen LogP contribution in [0.4, 0.5) is 0 Å². The molecule has 0 fully saturated rings. The van der Waals surface area contributed by atoms with Gasteiger partial charge >= 0.3 is 5.97 Å². The minimum absolute atomic E-state index is 0.120. The lowest BCUT2D eigenvalue weighted by Gasteiger charge is -2.12. The van der Waals surface area contributed by atoms with Gasteiger partial charge in [0, 0.05) is 12.5 Å². The van der Waals surface area contributed by atoms with E-state index in [0.29, 0.717) is 6.42 Å². The normalized spacial score (nSPS) is 11.3. The molecule has 1 aromatic heterocycles. The molecule has 1 heterocycles. The van der Waals surface area contributed by atoms with Gasteiger partial charge in [0.25, 0.3) is 0 Å². The van der Waals surface area contributed by atoms with Crippen molar-refractivity contribution in [2.24, 2.45) is 0 Å². The Hall–Kier alpha value is -1.84. The van der Waals surface area contributed by atoms with Crippen molar-refractivity contribution >= 4 is 17.0 Å². The molecule has 4 nitrogen and oxygen atoms in total. The number of hydrogen-bond donors (Lipinski definition) is 1. The Morgan fingerprint density at radius 3 is 2.78 bits per heavy atom. The van der Waals surface area contributed by atoms with Crippen LogP contribution in [-0.2, 0) is 11.2 Å². The van der Waals surface area contributed by atoms with Crippen LogP contribution in [-0.4, -0.2) is 20.6 Å². The maximum atomic E-state index is 10.7. The minimum Gasteiger partial charge on any atom is -0.481 e. The molecule has 0 aliphatic carbocycles. The van der Waals surface area contributed by atoms with Gasteiger partial charge in [0.15, 0.2) is 0 Å². The van der Waals surface area contributed by atoms with Crippen LogP contribution < -0.4 is 0 Å². The van der Waals surface area contributed by atoms with Crippen molar-refractivity contribution in [3.8, 4) is 0 Å². The van der Waals surface area contributed by atoms with Gasteiger partial charge in [-0.05, 0) is 38.5 Å². The van der Waals surface area contributed by atoms with E-state index in [1.54, 1.807) is 0 Å². The fourth-order valence-electron chi connectivity index (χ4n) is 2.23. The second kappa shape index (κ2) is 4.80. The monoisotopic (exact) mass is 246 g/mol. The fraction of sp³-hybridized carbons (Fsp3) is 0.429. The first-order valence-electron chi connectivity index (χ1n) is 6.18. The minimum atomic E-state index is -0.784. The molecule has 0 bridgehead atoms. The second-order valence-electron chi connectivity index (χ2n) is 4.88. The summed E-state index contributed by atoms with van der Waals surface area (Å²) in [4.78, 5) is 15.3.